The van der Waals surface area contributed by atoms with Crippen molar-refractivity contribution in [3.8, 4) is 18.4 Å². The molecule has 0 bridgehead atoms. The minimum absolute atomic E-state index is 0.0199. The molecular weight excluding hydrogens is 522 g/mol. The van der Waals surface area contributed by atoms with Gasteiger partial charge in [-0.05, 0) is 42.9 Å². The predicted octanol–water partition coefficient (Wildman–Crippen LogP) is 5.62. The van der Waals surface area contributed by atoms with Gasteiger partial charge in [0.05, 0.1) is 34.1 Å². The maximum absolute atomic E-state index is 13.9. The Kier molecular flexibility index (Phi) is 7.46. The molecule has 5 rings (SSSR count). The Morgan fingerprint density at radius 2 is 2.00 bits per heavy atom. The Balaban J connectivity index is 1.61. The predicted molar refractivity (Wildman–Crippen MR) is 156 cm³/mol. The summed E-state index contributed by atoms with van der Waals surface area (Å²) in [7, 11) is 0. The van der Waals surface area contributed by atoms with Crippen molar-refractivity contribution in [2.75, 3.05) is 17.2 Å². The summed E-state index contributed by atoms with van der Waals surface area (Å²) in [6.45, 7) is 9.04. The quantitative estimate of drug-likeness (QED) is 0.252. The molecule has 1 saturated carbocycles. The summed E-state index contributed by atoms with van der Waals surface area (Å²) in [4.78, 5) is 9.08. The van der Waals surface area contributed by atoms with Gasteiger partial charge in [0.25, 0.3) is 6.43 Å². The smallest absolute Gasteiger partial charge is 0.262 e. The standard InChI is InChI=1S/C31H34F2N8/c1-6-19-16-36-27-20(15-34)13-21(14-23(27)26(19)37-18-30(3,4)5)38-28(22-9-8-12-35-24(22)7-2)25-17-41(40-39-25)31(10-11-31)29(32)33/h1,8-9,12-14,16-17,28-29,38-40H,7,10-11,18H2,2-5H3,(H,36,37)/t28-/m0/s1. The second kappa shape index (κ2) is 10.9. The number of pyridine rings is 2. The molecule has 8 nitrogen and oxygen atoms in total. The number of rotatable bonds is 9. The number of terminal acetylenes is 1. The fraction of sp³-hybridized carbons (Fsp3) is 0.387. The summed E-state index contributed by atoms with van der Waals surface area (Å²) in [5.74, 6) is 2.71. The van der Waals surface area contributed by atoms with E-state index in [1.807, 2.05) is 25.1 Å². The van der Waals surface area contributed by atoms with E-state index < -0.39 is 18.0 Å². The Bertz CT molecular complexity index is 1570. The number of aryl methyl sites for hydroxylation is 1. The lowest BCUT2D eigenvalue weighted by atomic mass is 9.96. The van der Waals surface area contributed by atoms with Crippen molar-refractivity contribution in [3.05, 3.63) is 70.9 Å². The first-order valence-electron chi connectivity index (χ1n) is 13.7. The number of hydrogen-bond acceptors (Lipinski definition) is 8. The van der Waals surface area contributed by atoms with Gasteiger partial charge < -0.3 is 16.1 Å². The van der Waals surface area contributed by atoms with Crippen LogP contribution in [0.25, 0.3) is 10.9 Å². The minimum atomic E-state index is -2.49. The van der Waals surface area contributed by atoms with Crippen LogP contribution in [0, 0.1) is 29.1 Å². The molecule has 212 valence electrons. The minimum Gasteiger partial charge on any atom is -0.383 e. The van der Waals surface area contributed by atoms with Gasteiger partial charge in [-0.1, -0.05) is 39.7 Å². The van der Waals surface area contributed by atoms with Crippen molar-refractivity contribution < 1.29 is 8.78 Å². The maximum Gasteiger partial charge on any atom is 0.262 e. The zero-order valence-corrected chi connectivity index (χ0v) is 23.6. The lowest BCUT2D eigenvalue weighted by Gasteiger charge is -2.25. The summed E-state index contributed by atoms with van der Waals surface area (Å²) in [5, 5.41) is 19.3. The van der Waals surface area contributed by atoms with Crippen LogP contribution in [0.4, 0.5) is 20.2 Å². The SMILES string of the molecule is C#Cc1cnc2c(C#N)cc(N[C@H](C3=CN(C4(C(F)F)CC4)NN3)c3cccnc3CC)cc2c1NCC(C)(C)C. The zero-order chi connectivity index (χ0) is 29.4. The van der Waals surface area contributed by atoms with Crippen molar-refractivity contribution in [1.82, 2.24) is 25.9 Å². The number of anilines is 2. The molecule has 0 saturated heterocycles. The van der Waals surface area contributed by atoms with Crippen LogP contribution in [0.5, 0.6) is 0 Å². The second-order valence-corrected chi connectivity index (χ2v) is 11.7. The van der Waals surface area contributed by atoms with Gasteiger partial charge in [-0.15, -0.1) is 12.0 Å². The number of hydrogen-bond donors (Lipinski definition) is 4. The van der Waals surface area contributed by atoms with Crippen molar-refractivity contribution in [2.45, 2.75) is 65.0 Å². The molecule has 0 amide bonds. The van der Waals surface area contributed by atoms with Crippen LogP contribution >= 0.6 is 0 Å². The Morgan fingerprint density at radius 3 is 2.63 bits per heavy atom. The third-order valence-electron chi connectivity index (χ3n) is 7.47. The largest absolute Gasteiger partial charge is 0.383 e. The van der Waals surface area contributed by atoms with Crippen LogP contribution < -0.4 is 21.6 Å². The number of halogens is 2. The van der Waals surface area contributed by atoms with Crippen LogP contribution in [-0.4, -0.2) is 33.5 Å². The van der Waals surface area contributed by atoms with Crippen molar-refractivity contribution in [3.63, 3.8) is 0 Å². The van der Waals surface area contributed by atoms with Gasteiger partial charge in [-0.2, -0.15) is 5.26 Å². The summed E-state index contributed by atoms with van der Waals surface area (Å²) in [6, 6.07) is 9.28. The van der Waals surface area contributed by atoms with E-state index in [1.54, 1.807) is 24.7 Å². The van der Waals surface area contributed by atoms with Crippen molar-refractivity contribution in [2.24, 2.45) is 5.41 Å². The first-order chi connectivity index (χ1) is 19.6. The Labute approximate surface area is 239 Å². The summed E-state index contributed by atoms with van der Waals surface area (Å²) < 4.78 is 27.8. The van der Waals surface area contributed by atoms with Crippen LogP contribution in [0.15, 0.2) is 48.6 Å². The summed E-state index contributed by atoms with van der Waals surface area (Å²) in [5.41, 5.74) is 10.1. The lowest BCUT2D eigenvalue weighted by Crippen LogP contribution is -2.48. The fourth-order valence-electron chi connectivity index (χ4n) is 5.03. The van der Waals surface area contributed by atoms with Crippen LogP contribution in [0.3, 0.4) is 0 Å². The van der Waals surface area contributed by atoms with Gasteiger partial charge in [-0.25, -0.2) is 8.78 Å². The van der Waals surface area contributed by atoms with Crippen molar-refractivity contribution in [1.29, 1.82) is 5.26 Å². The van der Waals surface area contributed by atoms with Crippen molar-refractivity contribution >= 4 is 22.3 Å². The number of hydrazine groups is 2. The van der Waals surface area contributed by atoms with E-state index in [0.29, 0.717) is 53.8 Å². The number of aromatic nitrogens is 2. The first-order valence-corrected chi connectivity index (χ1v) is 13.7. The number of benzene rings is 1. The van der Waals surface area contributed by atoms with Gasteiger partial charge in [0.1, 0.15) is 11.6 Å². The van der Waals surface area contributed by atoms with Crippen LogP contribution in [-0.2, 0) is 6.42 Å². The molecule has 1 aliphatic carbocycles. The molecule has 1 aliphatic heterocycles. The highest BCUT2D eigenvalue weighted by Gasteiger charge is 2.56. The maximum atomic E-state index is 13.9. The van der Waals surface area contributed by atoms with E-state index in [-0.39, 0.29) is 5.41 Å². The monoisotopic (exact) mass is 556 g/mol. The van der Waals surface area contributed by atoms with Gasteiger partial charge in [-0.3, -0.25) is 15.0 Å². The number of nitriles is 1. The zero-order valence-electron chi connectivity index (χ0n) is 23.6. The molecule has 1 aromatic carbocycles. The second-order valence-electron chi connectivity index (χ2n) is 11.7. The normalized spacial score (nSPS) is 16.5. The Hall–Kier alpha value is -4.41. The van der Waals surface area contributed by atoms with Gasteiger partial charge in [0.15, 0.2) is 0 Å². The first kappa shape index (κ1) is 28.1. The average Bonchev–Trinajstić information content (AvgIpc) is 3.63. The molecule has 4 N–H and O–H groups in total. The number of fused-ring (bicyclic) bond motifs is 1. The lowest BCUT2D eigenvalue weighted by molar-refractivity contribution is 0.00911. The van der Waals surface area contributed by atoms with E-state index in [2.05, 4.69) is 64.3 Å². The van der Waals surface area contributed by atoms with E-state index in [4.69, 9.17) is 6.42 Å². The molecule has 2 aromatic heterocycles. The topological polar surface area (TPSA) is 101 Å². The molecule has 41 heavy (non-hydrogen) atoms. The summed E-state index contributed by atoms with van der Waals surface area (Å²) >= 11 is 0. The van der Waals surface area contributed by atoms with E-state index >= 15 is 0 Å². The molecule has 0 radical (unpaired) electrons. The third kappa shape index (κ3) is 5.48. The summed E-state index contributed by atoms with van der Waals surface area (Å²) in [6.07, 6.45) is 9.88. The molecule has 0 spiro atoms. The van der Waals surface area contributed by atoms with E-state index in [1.165, 1.54) is 5.01 Å². The number of nitrogens with zero attached hydrogens (tertiary/aromatic N) is 4. The highest BCUT2D eigenvalue weighted by molar-refractivity contribution is 5.99. The Morgan fingerprint density at radius 1 is 1.22 bits per heavy atom. The molecule has 10 heteroatoms. The molecule has 3 aromatic rings. The fourth-order valence-corrected chi connectivity index (χ4v) is 5.03. The average molecular weight is 557 g/mol. The molecule has 0 unspecified atom stereocenters. The molecule has 3 heterocycles. The molecule has 1 fully saturated rings. The van der Waals surface area contributed by atoms with Crippen LogP contribution in [0.2, 0.25) is 0 Å². The van der Waals surface area contributed by atoms with Gasteiger partial charge >= 0.3 is 0 Å². The molecule has 1 atom stereocenters. The number of alkyl halides is 2. The number of nitrogens with one attached hydrogen (secondary N) is 4. The molecule has 2 aliphatic rings. The molecular formula is C31H34F2N8. The van der Waals surface area contributed by atoms with Crippen LogP contribution in [0.1, 0.15) is 69.0 Å². The van der Waals surface area contributed by atoms with E-state index in [0.717, 1.165) is 22.3 Å². The highest BCUT2D eigenvalue weighted by atomic mass is 19.3. The van der Waals surface area contributed by atoms with Gasteiger partial charge in [0, 0.05) is 47.5 Å². The highest BCUT2D eigenvalue weighted by Crippen LogP contribution is 2.47. The third-order valence-corrected chi connectivity index (χ3v) is 7.47. The van der Waals surface area contributed by atoms with Gasteiger partial charge in [0.2, 0.25) is 0 Å². The van der Waals surface area contributed by atoms with E-state index in [9.17, 15) is 14.0 Å².